The summed E-state index contributed by atoms with van der Waals surface area (Å²) in [7, 11) is 0. The lowest BCUT2D eigenvalue weighted by molar-refractivity contribution is 0.161. The Morgan fingerprint density at radius 2 is 1.70 bits per heavy atom. The predicted molar refractivity (Wildman–Crippen MR) is 93.2 cm³/mol. The molecule has 4 nitrogen and oxygen atoms in total. The number of aliphatic hydroxyl groups excluding tert-OH is 1. The highest BCUT2D eigenvalue weighted by atomic mass is 32.2. The van der Waals surface area contributed by atoms with Crippen LogP contribution in [0.5, 0.6) is 0 Å². The summed E-state index contributed by atoms with van der Waals surface area (Å²) < 4.78 is 1.97. The van der Waals surface area contributed by atoms with Gasteiger partial charge in [-0.2, -0.15) is 0 Å². The molecule has 3 N–H and O–H groups in total. The van der Waals surface area contributed by atoms with Crippen molar-refractivity contribution in [3.63, 3.8) is 0 Å². The van der Waals surface area contributed by atoms with Gasteiger partial charge in [0.15, 0.2) is 0 Å². The Labute approximate surface area is 140 Å². The predicted octanol–water partition coefficient (Wildman–Crippen LogP) is 3.74. The average molecular weight is 325 g/mol. The van der Waals surface area contributed by atoms with Crippen LogP contribution in [0, 0.1) is 0 Å². The van der Waals surface area contributed by atoms with Gasteiger partial charge in [0.05, 0.1) is 12.4 Å². The summed E-state index contributed by atoms with van der Waals surface area (Å²) in [5.41, 5.74) is 7.40. The molecule has 0 aliphatic carbocycles. The second-order valence-corrected chi connectivity index (χ2v) is 6.49. The van der Waals surface area contributed by atoms with Crippen molar-refractivity contribution in [2.24, 2.45) is 0 Å². The van der Waals surface area contributed by atoms with E-state index in [2.05, 4.69) is 4.98 Å². The fourth-order valence-corrected chi connectivity index (χ4v) is 3.10. The number of nitrogen functional groups attached to an aromatic ring is 1. The number of imidazole rings is 1. The molecule has 0 saturated heterocycles. The van der Waals surface area contributed by atoms with Gasteiger partial charge in [0.25, 0.3) is 0 Å². The van der Waals surface area contributed by atoms with Crippen LogP contribution in [0.25, 0.3) is 0 Å². The summed E-state index contributed by atoms with van der Waals surface area (Å²) in [6.45, 7) is 0.753. The Kier molecular flexibility index (Phi) is 5.00. The molecular formula is C18H19N3OS. The second kappa shape index (κ2) is 7.35. The van der Waals surface area contributed by atoms with Crippen LogP contribution in [0.15, 0.2) is 77.0 Å². The highest BCUT2D eigenvalue weighted by Crippen LogP contribution is 2.29. The molecule has 1 unspecified atom stereocenters. The van der Waals surface area contributed by atoms with Gasteiger partial charge in [-0.1, -0.05) is 23.9 Å². The number of hydrogen-bond donors (Lipinski definition) is 2. The Morgan fingerprint density at radius 3 is 2.30 bits per heavy atom. The number of aryl methyl sites for hydroxylation is 1. The molecule has 2 aromatic carbocycles. The molecule has 0 fully saturated rings. The first-order valence-corrected chi connectivity index (χ1v) is 8.29. The Balaban J connectivity index is 1.58. The van der Waals surface area contributed by atoms with Gasteiger partial charge in [-0.05, 0) is 48.4 Å². The van der Waals surface area contributed by atoms with Crippen LogP contribution in [-0.2, 0) is 6.54 Å². The van der Waals surface area contributed by atoms with Crippen molar-refractivity contribution in [2.45, 2.75) is 28.9 Å². The van der Waals surface area contributed by atoms with Crippen LogP contribution < -0.4 is 5.73 Å². The molecule has 0 saturated carbocycles. The van der Waals surface area contributed by atoms with Gasteiger partial charge in [0.2, 0.25) is 0 Å². The van der Waals surface area contributed by atoms with Crippen LogP contribution in [0.3, 0.4) is 0 Å². The monoisotopic (exact) mass is 325 g/mol. The second-order valence-electron chi connectivity index (χ2n) is 5.35. The summed E-state index contributed by atoms with van der Waals surface area (Å²) in [5, 5.41) is 10.3. The van der Waals surface area contributed by atoms with Gasteiger partial charge in [-0.25, -0.2) is 4.98 Å². The van der Waals surface area contributed by atoms with Crippen LogP contribution in [0.1, 0.15) is 18.1 Å². The number of rotatable bonds is 6. The molecule has 118 valence electrons. The van der Waals surface area contributed by atoms with Crippen LogP contribution in [-0.4, -0.2) is 14.7 Å². The molecule has 0 spiro atoms. The normalized spacial score (nSPS) is 12.2. The number of hydrogen-bond acceptors (Lipinski definition) is 4. The van der Waals surface area contributed by atoms with Crippen molar-refractivity contribution in [3.8, 4) is 0 Å². The standard InChI is InChI=1S/C18H19N3OS/c19-15-3-7-17(8-4-15)23-16-5-1-14(2-6-16)18(22)9-11-21-12-10-20-13-21/h1-8,10,12-13,18,22H,9,11,19H2. The van der Waals surface area contributed by atoms with Crippen molar-refractivity contribution >= 4 is 17.4 Å². The van der Waals surface area contributed by atoms with Crippen LogP contribution in [0.4, 0.5) is 5.69 Å². The molecule has 1 aromatic heterocycles. The maximum atomic E-state index is 10.3. The van der Waals surface area contributed by atoms with E-state index in [1.165, 1.54) is 0 Å². The summed E-state index contributed by atoms with van der Waals surface area (Å²) in [4.78, 5) is 6.29. The van der Waals surface area contributed by atoms with E-state index in [1.807, 2.05) is 59.3 Å². The minimum Gasteiger partial charge on any atom is -0.399 e. The zero-order valence-corrected chi connectivity index (χ0v) is 13.5. The zero-order chi connectivity index (χ0) is 16.1. The van der Waals surface area contributed by atoms with Crippen LogP contribution in [0.2, 0.25) is 0 Å². The lowest BCUT2D eigenvalue weighted by Crippen LogP contribution is -2.03. The van der Waals surface area contributed by atoms with E-state index < -0.39 is 6.10 Å². The number of nitrogens with zero attached hydrogens (tertiary/aromatic N) is 2. The summed E-state index contributed by atoms with van der Waals surface area (Å²) in [6, 6.07) is 15.9. The molecule has 1 heterocycles. The molecule has 5 heteroatoms. The molecule has 1 atom stereocenters. The van der Waals surface area contributed by atoms with Crippen LogP contribution >= 0.6 is 11.8 Å². The lowest BCUT2D eigenvalue weighted by atomic mass is 10.1. The Morgan fingerprint density at radius 1 is 1.04 bits per heavy atom. The van der Waals surface area contributed by atoms with Gasteiger partial charge in [0.1, 0.15) is 0 Å². The topological polar surface area (TPSA) is 64.1 Å². The lowest BCUT2D eigenvalue weighted by Gasteiger charge is -2.12. The third kappa shape index (κ3) is 4.37. The maximum Gasteiger partial charge on any atom is 0.0945 e. The zero-order valence-electron chi connectivity index (χ0n) is 12.7. The van der Waals surface area contributed by atoms with Gasteiger partial charge in [-0.3, -0.25) is 0 Å². The molecule has 0 amide bonds. The summed E-state index contributed by atoms with van der Waals surface area (Å²) in [5.74, 6) is 0. The molecule has 3 rings (SSSR count). The van der Waals surface area contributed by atoms with E-state index in [9.17, 15) is 5.11 Å². The number of aromatic nitrogens is 2. The third-order valence-corrected chi connectivity index (χ3v) is 4.62. The van der Waals surface area contributed by atoms with E-state index in [-0.39, 0.29) is 0 Å². The summed E-state index contributed by atoms with van der Waals surface area (Å²) in [6.07, 6.45) is 5.61. The molecule has 0 radical (unpaired) electrons. The minimum absolute atomic E-state index is 0.465. The quantitative estimate of drug-likeness (QED) is 0.678. The van der Waals surface area contributed by atoms with E-state index in [1.54, 1.807) is 24.3 Å². The fraction of sp³-hybridized carbons (Fsp3) is 0.167. The van der Waals surface area contributed by atoms with Gasteiger partial charge in [-0.15, -0.1) is 0 Å². The van der Waals surface area contributed by atoms with Crippen molar-refractivity contribution in [3.05, 3.63) is 72.8 Å². The first-order valence-electron chi connectivity index (χ1n) is 7.48. The van der Waals surface area contributed by atoms with Crippen molar-refractivity contribution in [1.82, 2.24) is 9.55 Å². The van der Waals surface area contributed by atoms with Gasteiger partial charge < -0.3 is 15.4 Å². The molecule has 0 aliphatic heterocycles. The van der Waals surface area contributed by atoms with Crippen molar-refractivity contribution in [2.75, 3.05) is 5.73 Å². The van der Waals surface area contributed by atoms with Crippen molar-refractivity contribution < 1.29 is 5.11 Å². The minimum atomic E-state index is -0.465. The van der Waals surface area contributed by atoms with E-state index in [0.29, 0.717) is 6.42 Å². The SMILES string of the molecule is Nc1ccc(Sc2ccc(C(O)CCn3ccnc3)cc2)cc1. The molecular weight excluding hydrogens is 306 g/mol. The number of anilines is 1. The molecule has 23 heavy (non-hydrogen) atoms. The molecule has 0 bridgehead atoms. The average Bonchev–Trinajstić information content (AvgIpc) is 3.09. The first-order chi connectivity index (χ1) is 11.2. The highest BCUT2D eigenvalue weighted by Gasteiger charge is 2.08. The maximum absolute atomic E-state index is 10.3. The smallest absolute Gasteiger partial charge is 0.0945 e. The largest absolute Gasteiger partial charge is 0.399 e. The van der Waals surface area contributed by atoms with E-state index in [0.717, 1.165) is 27.6 Å². The fourth-order valence-electron chi connectivity index (χ4n) is 2.29. The third-order valence-electron chi connectivity index (χ3n) is 3.60. The van der Waals surface area contributed by atoms with E-state index >= 15 is 0 Å². The van der Waals surface area contributed by atoms with E-state index in [4.69, 9.17) is 5.73 Å². The van der Waals surface area contributed by atoms with Crippen molar-refractivity contribution in [1.29, 1.82) is 0 Å². The molecule has 3 aromatic rings. The Bertz CT molecular complexity index is 724. The first kappa shape index (κ1) is 15.6. The number of benzene rings is 2. The summed E-state index contributed by atoms with van der Waals surface area (Å²) >= 11 is 1.68. The van der Waals surface area contributed by atoms with Gasteiger partial charge >= 0.3 is 0 Å². The molecule has 0 aliphatic rings. The number of nitrogens with two attached hydrogens (primary N) is 1. The Hall–Kier alpha value is -2.24. The highest BCUT2D eigenvalue weighted by molar-refractivity contribution is 7.99. The van der Waals surface area contributed by atoms with Gasteiger partial charge in [0, 0.05) is 34.4 Å². The number of aliphatic hydroxyl groups is 1.